The molecule has 1 amide bonds. The SMILES string of the molecule is CCCCN(CCOc1ccc(F)c([C@@H]2c3[nH]c4ccccc4c3C[C@@H](C)N2CC(F)(F)F)c1F)C(=O)OC(C)(C)C. The fourth-order valence-corrected chi connectivity index (χ4v) is 5.42. The van der Waals surface area contributed by atoms with Gasteiger partial charge in [-0.05, 0) is 64.3 Å². The number of hydrogen-bond acceptors (Lipinski definition) is 4. The fraction of sp³-hybridized carbons (Fsp3) is 0.516. The van der Waals surface area contributed by atoms with Crippen LogP contribution in [0, 0.1) is 11.6 Å². The molecular formula is C31H38F5N3O3. The molecule has 0 saturated heterocycles. The van der Waals surface area contributed by atoms with E-state index in [4.69, 9.17) is 9.47 Å². The monoisotopic (exact) mass is 595 g/mol. The van der Waals surface area contributed by atoms with Crippen LogP contribution >= 0.6 is 0 Å². The summed E-state index contributed by atoms with van der Waals surface area (Å²) in [4.78, 5) is 18.4. The molecule has 0 fully saturated rings. The van der Waals surface area contributed by atoms with Gasteiger partial charge >= 0.3 is 12.3 Å². The Balaban J connectivity index is 1.68. The number of carbonyl (C=O) groups is 1. The topological polar surface area (TPSA) is 57.8 Å². The number of ether oxygens (including phenoxy) is 2. The predicted octanol–water partition coefficient (Wildman–Crippen LogP) is 7.76. The van der Waals surface area contributed by atoms with E-state index in [2.05, 4.69) is 4.98 Å². The van der Waals surface area contributed by atoms with Crippen molar-refractivity contribution in [2.24, 2.45) is 0 Å². The van der Waals surface area contributed by atoms with Crippen molar-refractivity contribution in [3.8, 4) is 5.75 Å². The van der Waals surface area contributed by atoms with Gasteiger partial charge in [-0.15, -0.1) is 0 Å². The molecule has 3 aromatic rings. The van der Waals surface area contributed by atoms with E-state index in [1.54, 1.807) is 39.8 Å². The summed E-state index contributed by atoms with van der Waals surface area (Å²) in [5.74, 6) is -2.37. The lowest BCUT2D eigenvalue weighted by Crippen LogP contribution is -2.47. The number of H-pyrrole nitrogens is 1. The summed E-state index contributed by atoms with van der Waals surface area (Å²) in [5, 5.41) is 0.804. The van der Waals surface area contributed by atoms with Gasteiger partial charge in [-0.3, -0.25) is 4.90 Å². The Kier molecular flexibility index (Phi) is 9.39. The van der Waals surface area contributed by atoms with Crippen molar-refractivity contribution in [1.29, 1.82) is 0 Å². The van der Waals surface area contributed by atoms with Crippen LogP contribution in [0.2, 0.25) is 0 Å². The Morgan fingerprint density at radius 2 is 1.81 bits per heavy atom. The molecule has 0 spiro atoms. The molecule has 1 aromatic heterocycles. The minimum absolute atomic E-state index is 0.0773. The predicted molar refractivity (Wildman–Crippen MR) is 151 cm³/mol. The largest absolute Gasteiger partial charge is 0.489 e. The van der Waals surface area contributed by atoms with Crippen molar-refractivity contribution < 1.29 is 36.2 Å². The first-order valence-electron chi connectivity index (χ1n) is 14.2. The zero-order valence-electron chi connectivity index (χ0n) is 24.6. The highest BCUT2D eigenvalue weighted by molar-refractivity contribution is 5.85. The first-order chi connectivity index (χ1) is 19.7. The van der Waals surface area contributed by atoms with E-state index in [0.29, 0.717) is 17.8 Å². The lowest BCUT2D eigenvalue weighted by molar-refractivity contribution is -0.155. The molecule has 230 valence electrons. The normalized spacial score (nSPS) is 17.8. The van der Waals surface area contributed by atoms with Crippen molar-refractivity contribution in [1.82, 2.24) is 14.8 Å². The molecule has 2 heterocycles. The Labute approximate surface area is 242 Å². The zero-order valence-corrected chi connectivity index (χ0v) is 24.6. The number of alkyl halides is 3. The summed E-state index contributed by atoms with van der Waals surface area (Å²) in [7, 11) is 0. The van der Waals surface area contributed by atoms with Crippen LogP contribution in [0.4, 0.5) is 26.7 Å². The fourth-order valence-electron chi connectivity index (χ4n) is 5.42. The van der Waals surface area contributed by atoms with E-state index in [-0.39, 0.29) is 25.3 Å². The molecule has 42 heavy (non-hydrogen) atoms. The number of aromatic nitrogens is 1. The van der Waals surface area contributed by atoms with Crippen molar-refractivity contribution >= 4 is 17.0 Å². The second-order valence-corrected chi connectivity index (χ2v) is 11.7. The van der Waals surface area contributed by atoms with E-state index in [0.717, 1.165) is 40.8 Å². The lowest BCUT2D eigenvalue weighted by atomic mass is 9.88. The van der Waals surface area contributed by atoms with Gasteiger partial charge in [0.25, 0.3) is 0 Å². The summed E-state index contributed by atoms with van der Waals surface area (Å²) in [5.41, 5.74) is 0.503. The van der Waals surface area contributed by atoms with Crippen LogP contribution in [-0.4, -0.2) is 64.9 Å². The van der Waals surface area contributed by atoms with Gasteiger partial charge in [0, 0.05) is 29.2 Å². The van der Waals surface area contributed by atoms with Crippen LogP contribution in [0.15, 0.2) is 36.4 Å². The molecule has 0 saturated carbocycles. The van der Waals surface area contributed by atoms with Crippen LogP contribution in [0.3, 0.4) is 0 Å². The highest BCUT2D eigenvalue weighted by Crippen LogP contribution is 2.44. The van der Waals surface area contributed by atoms with Crippen molar-refractivity contribution in [3.05, 3.63) is 64.9 Å². The Morgan fingerprint density at radius 1 is 1.10 bits per heavy atom. The van der Waals surface area contributed by atoms with Gasteiger partial charge in [-0.25, -0.2) is 13.6 Å². The molecule has 0 radical (unpaired) electrons. The first kappa shape index (κ1) is 31.6. The van der Waals surface area contributed by atoms with E-state index < -0.39 is 53.7 Å². The second kappa shape index (κ2) is 12.5. The third-order valence-electron chi connectivity index (χ3n) is 7.30. The maximum absolute atomic E-state index is 16.1. The van der Waals surface area contributed by atoms with Crippen molar-refractivity contribution in [2.45, 2.75) is 77.7 Å². The number of amides is 1. The lowest BCUT2D eigenvalue weighted by Gasteiger charge is -2.41. The number of fused-ring (bicyclic) bond motifs is 3. The van der Waals surface area contributed by atoms with Gasteiger partial charge < -0.3 is 19.4 Å². The highest BCUT2D eigenvalue weighted by Gasteiger charge is 2.44. The minimum Gasteiger partial charge on any atom is -0.489 e. The molecule has 1 N–H and O–H groups in total. The summed E-state index contributed by atoms with van der Waals surface area (Å²) in [6, 6.07) is 7.31. The second-order valence-electron chi connectivity index (χ2n) is 11.7. The quantitative estimate of drug-likeness (QED) is 0.257. The van der Waals surface area contributed by atoms with Crippen LogP contribution in [0.1, 0.15) is 70.3 Å². The van der Waals surface area contributed by atoms with Crippen LogP contribution in [0.5, 0.6) is 5.75 Å². The molecule has 2 aromatic carbocycles. The average Bonchev–Trinajstić information content (AvgIpc) is 3.25. The number of halogens is 5. The number of para-hydroxylation sites is 1. The van der Waals surface area contributed by atoms with Crippen molar-refractivity contribution in [3.63, 3.8) is 0 Å². The van der Waals surface area contributed by atoms with Crippen LogP contribution < -0.4 is 4.74 Å². The molecule has 0 bridgehead atoms. The number of hydrogen-bond donors (Lipinski definition) is 1. The van der Waals surface area contributed by atoms with E-state index in [1.165, 1.54) is 4.90 Å². The molecule has 11 heteroatoms. The Morgan fingerprint density at radius 3 is 2.48 bits per heavy atom. The number of aromatic amines is 1. The molecule has 0 unspecified atom stereocenters. The Hall–Kier alpha value is -3.34. The highest BCUT2D eigenvalue weighted by atomic mass is 19.4. The van der Waals surface area contributed by atoms with Gasteiger partial charge in [-0.1, -0.05) is 31.5 Å². The summed E-state index contributed by atoms with van der Waals surface area (Å²) < 4.78 is 84.0. The molecule has 0 aliphatic carbocycles. The van der Waals surface area contributed by atoms with Gasteiger partial charge in [0.1, 0.15) is 18.0 Å². The van der Waals surface area contributed by atoms with Gasteiger partial charge in [0.15, 0.2) is 11.6 Å². The number of unbranched alkanes of at least 4 members (excludes halogenated alkanes) is 1. The third-order valence-corrected chi connectivity index (χ3v) is 7.30. The first-order valence-corrected chi connectivity index (χ1v) is 14.2. The van der Waals surface area contributed by atoms with Crippen molar-refractivity contribution in [2.75, 3.05) is 26.2 Å². The molecule has 1 aliphatic rings. The van der Waals surface area contributed by atoms with Gasteiger partial charge in [-0.2, -0.15) is 13.2 Å². The van der Waals surface area contributed by atoms with E-state index >= 15 is 8.78 Å². The van der Waals surface area contributed by atoms with E-state index in [1.807, 2.05) is 19.1 Å². The molecular weight excluding hydrogens is 557 g/mol. The Bertz CT molecular complexity index is 1400. The minimum atomic E-state index is -4.60. The smallest absolute Gasteiger partial charge is 0.410 e. The van der Waals surface area contributed by atoms with Gasteiger partial charge in [0.05, 0.1) is 24.7 Å². The third kappa shape index (κ3) is 7.17. The average molecular weight is 596 g/mol. The molecule has 4 rings (SSSR count). The number of carbonyl (C=O) groups excluding carboxylic acids is 1. The summed E-state index contributed by atoms with van der Waals surface area (Å²) in [6.07, 6.45) is -3.30. The molecule has 1 aliphatic heterocycles. The summed E-state index contributed by atoms with van der Waals surface area (Å²) >= 11 is 0. The molecule has 6 nitrogen and oxygen atoms in total. The van der Waals surface area contributed by atoms with Crippen LogP contribution in [-0.2, 0) is 11.2 Å². The zero-order chi connectivity index (χ0) is 30.8. The number of nitrogens with one attached hydrogen (secondary N) is 1. The number of rotatable bonds is 9. The molecule has 2 atom stereocenters. The maximum atomic E-state index is 16.1. The maximum Gasteiger partial charge on any atom is 0.410 e. The number of nitrogens with zero attached hydrogens (tertiary/aromatic N) is 2. The van der Waals surface area contributed by atoms with Crippen LogP contribution in [0.25, 0.3) is 10.9 Å². The number of benzene rings is 2. The summed E-state index contributed by atoms with van der Waals surface area (Å²) in [6.45, 7) is 7.86. The van der Waals surface area contributed by atoms with Gasteiger partial charge in [0.2, 0.25) is 0 Å². The standard InChI is InChI=1S/C31H38F5N3O3/c1-6-7-14-38(29(40)42-30(3,4)5)15-16-41-24-13-12-22(32)25(26(24)33)28-27-21(20-10-8-9-11-23(20)37-27)17-19(2)39(28)18-31(34,35)36/h8-13,19,28,37H,6-7,14-18H2,1-5H3/t19-,28-/m1/s1. The van der Waals surface area contributed by atoms with E-state index in [9.17, 15) is 18.0 Å².